The Balaban J connectivity index is 2.74. The maximum Gasteiger partial charge on any atom is 0.0447 e. The Bertz CT molecular complexity index is 196. The number of nitrogens with one attached hydrogen (secondary N) is 1. The van der Waals surface area contributed by atoms with Crippen molar-refractivity contribution in [2.75, 3.05) is 0 Å². The zero-order chi connectivity index (χ0) is 10.1. The fourth-order valence-corrected chi connectivity index (χ4v) is 2.57. The topological polar surface area (TPSA) is 38.0 Å². The molecule has 0 radical (unpaired) electrons. The molecule has 13 heavy (non-hydrogen) atoms. The van der Waals surface area contributed by atoms with E-state index in [0.717, 1.165) is 5.57 Å². The van der Waals surface area contributed by atoms with Gasteiger partial charge >= 0.3 is 0 Å². The van der Waals surface area contributed by atoms with Crippen LogP contribution in [0, 0.1) is 11.3 Å². The Hall–Kier alpha value is -0.340. The van der Waals surface area contributed by atoms with E-state index < -0.39 is 0 Å². The van der Waals surface area contributed by atoms with E-state index in [-0.39, 0.29) is 6.04 Å². The van der Waals surface area contributed by atoms with Gasteiger partial charge in [-0.3, -0.25) is 11.3 Å². The summed E-state index contributed by atoms with van der Waals surface area (Å²) in [6, 6.07) is 0.289. The largest absolute Gasteiger partial charge is 0.271 e. The van der Waals surface area contributed by atoms with Gasteiger partial charge in [-0.25, -0.2) is 0 Å². The third kappa shape index (κ3) is 2.12. The lowest BCUT2D eigenvalue weighted by Gasteiger charge is -2.34. The Morgan fingerprint density at radius 2 is 2.23 bits per heavy atom. The van der Waals surface area contributed by atoms with Crippen molar-refractivity contribution in [1.29, 1.82) is 0 Å². The van der Waals surface area contributed by atoms with Gasteiger partial charge in [0.1, 0.15) is 0 Å². The summed E-state index contributed by atoms with van der Waals surface area (Å²) < 4.78 is 0. The second kappa shape index (κ2) is 3.81. The molecule has 2 atom stereocenters. The van der Waals surface area contributed by atoms with Crippen LogP contribution in [-0.2, 0) is 0 Å². The normalized spacial score (nSPS) is 28.8. The molecule has 2 heteroatoms. The van der Waals surface area contributed by atoms with Crippen molar-refractivity contribution in [3.8, 4) is 0 Å². The van der Waals surface area contributed by atoms with E-state index in [4.69, 9.17) is 5.84 Å². The summed E-state index contributed by atoms with van der Waals surface area (Å²) in [6.07, 6.45) is 3.90. The highest BCUT2D eigenvalue weighted by Gasteiger charge is 2.39. The molecule has 0 spiro atoms. The van der Waals surface area contributed by atoms with E-state index in [1.54, 1.807) is 0 Å². The van der Waals surface area contributed by atoms with Crippen LogP contribution in [0.15, 0.2) is 12.2 Å². The van der Waals surface area contributed by atoms with Crippen molar-refractivity contribution in [1.82, 2.24) is 5.43 Å². The lowest BCUT2D eigenvalue weighted by molar-refractivity contribution is 0.215. The van der Waals surface area contributed by atoms with Crippen LogP contribution < -0.4 is 11.3 Å². The maximum atomic E-state index is 5.56. The Morgan fingerprint density at radius 1 is 1.62 bits per heavy atom. The summed E-state index contributed by atoms with van der Waals surface area (Å²) in [5.41, 5.74) is 4.47. The molecule has 0 aliphatic heterocycles. The minimum absolute atomic E-state index is 0.289. The number of hydrogen-bond acceptors (Lipinski definition) is 2. The molecular formula is C11H22N2. The van der Waals surface area contributed by atoms with Gasteiger partial charge in [0.15, 0.2) is 0 Å². The van der Waals surface area contributed by atoms with E-state index >= 15 is 0 Å². The minimum Gasteiger partial charge on any atom is -0.271 e. The molecule has 2 nitrogen and oxygen atoms in total. The third-order valence-corrected chi connectivity index (χ3v) is 3.45. The van der Waals surface area contributed by atoms with Crippen molar-refractivity contribution >= 4 is 0 Å². The van der Waals surface area contributed by atoms with Crippen LogP contribution in [0.5, 0.6) is 0 Å². The predicted octanol–water partition coefficient (Wildman–Crippen LogP) is 2.22. The monoisotopic (exact) mass is 182 g/mol. The van der Waals surface area contributed by atoms with Crippen LogP contribution in [-0.4, -0.2) is 6.04 Å². The van der Waals surface area contributed by atoms with E-state index in [1.165, 1.54) is 19.3 Å². The Labute approximate surface area is 81.6 Å². The summed E-state index contributed by atoms with van der Waals surface area (Å²) in [6.45, 7) is 10.7. The van der Waals surface area contributed by atoms with Gasteiger partial charge in [0.2, 0.25) is 0 Å². The number of rotatable bonds is 3. The van der Waals surface area contributed by atoms with Crippen LogP contribution in [0.2, 0.25) is 0 Å². The summed E-state index contributed by atoms with van der Waals surface area (Å²) in [4.78, 5) is 0. The minimum atomic E-state index is 0.289. The molecule has 3 N–H and O–H groups in total. The van der Waals surface area contributed by atoms with E-state index in [1.807, 2.05) is 0 Å². The van der Waals surface area contributed by atoms with Gasteiger partial charge in [0.05, 0.1) is 0 Å². The highest BCUT2D eigenvalue weighted by Crippen LogP contribution is 2.45. The van der Waals surface area contributed by atoms with Crippen LogP contribution in [0.4, 0.5) is 0 Å². The van der Waals surface area contributed by atoms with Gasteiger partial charge in [-0.2, -0.15) is 0 Å². The molecule has 1 aliphatic rings. The summed E-state index contributed by atoms with van der Waals surface area (Å²) in [7, 11) is 0. The van der Waals surface area contributed by atoms with Crippen molar-refractivity contribution in [2.24, 2.45) is 17.2 Å². The summed E-state index contributed by atoms with van der Waals surface area (Å²) in [5, 5.41) is 0. The average Bonchev–Trinajstić information content (AvgIpc) is 2.32. The smallest absolute Gasteiger partial charge is 0.0447 e. The van der Waals surface area contributed by atoms with Gasteiger partial charge < -0.3 is 0 Å². The van der Waals surface area contributed by atoms with Crippen LogP contribution >= 0.6 is 0 Å². The molecule has 2 unspecified atom stereocenters. The molecule has 0 saturated heterocycles. The summed E-state index contributed by atoms with van der Waals surface area (Å²) >= 11 is 0. The van der Waals surface area contributed by atoms with Crippen molar-refractivity contribution in [3.05, 3.63) is 12.2 Å². The van der Waals surface area contributed by atoms with Crippen molar-refractivity contribution in [3.63, 3.8) is 0 Å². The number of hydrazine groups is 1. The fraction of sp³-hybridized carbons (Fsp3) is 0.818. The Morgan fingerprint density at radius 3 is 2.54 bits per heavy atom. The van der Waals surface area contributed by atoms with Crippen molar-refractivity contribution < 1.29 is 0 Å². The SMILES string of the molecule is C=C(C)C(NN)C1CCCC1(C)C. The first-order chi connectivity index (χ1) is 5.99. The predicted molar refractivity (Wildman–Crippen MR) is 57.0 cm³/mol. The van der Waals surface area contributed by atoms with Gasteiger partial charge in [-0.1, -0.05) is 32.4 Å². The van der Waals surface area contributed by atoms with Gasteiger partial charge in [-0.15, -0.1) is 0 Å². The standard InChI is InChI=1S/C11H22N2/c1-8(2)10(13-12)9-6-5-7-11(9,3)4/h9-10,13H,1,5-7,12H2,2-4H3. The maximum absolute atomic E-state index is 5.56. The molecule has 0 aromatic carbocycles. The molecule has 0 bridgehead atoms. The lowest BCUT2D eigenvalue weighted by atomic mass is 9.76. The average molecular weight is 182 g/mol. The molecule has 0 aromatic heterocycles. The summed E-state index contributed by atoms with van der Waals surface area (Å²) in [5.74, 6) is 6.21. The molecule has 0 aromatic rings. The van der Waals surface area contributed by atoms with Gasteiger partial charge in [-0.05, 0) is 31.1 Å². The van der Waals surface area contributed by atoms with Crippen LogP contribution in [0.1, 0.15) is 40.0 Å². The van der Waals surface area contributed by atoms with Crippen molar-refractivity contribution in [2.45, 2.75) is 46.1 Å². The van der Waals surface area contributed by atoms with Crippen LogP contribution in [0.3, 0.4) is 0 Å². The molecule has 76 valence electrons. The number of hydrogen-bond donors (Lipinski definition) is 2. The number of nitrogens with two attached hydrogens (primary N) is 1. The van der Waals surface area contributed by atoms with Gasteiger partial charge in [0.25, 0.3) is 0 Å². The first-order valence-electron chi connectivity index (χ1n) is 5.10. The zero-order valence-corrected chi connectivity index (χ0v) is 9.06. The first kappa shape index (κ1) is 10.7. The van der Waals surface area contributed by atoms with E-state index in [0.29, 0.717) is 11.3 Å². The molecule has 0 heterocycles. The Kier molecular flexibility index (Phi) is 3.14. The van der Waals surface area contributed by atoms with Gasteiger partial charge in [0, 0.05) is 6.04 Å². The quantitative estimate of drug-likeness (QED) is 0.399. The second-order valence-electron chi connectivity index (χ2n) is 4.98. The van der Waals surface area contributed by atoms with Crippen LogP contribution in [0.25, 0.3) is 0 Å². The van der Waals surface area contributed by atoms with E-state index in [9.17, 15) is 0 Å². The molecule has 1 rings (SSSR count). The molecule has 1 aliphatic carbocycles. The molecule has 0 amide bonds. The third-order valence-electron chi connectivity index (χ3n) is 3.45. The highest BCUT2D eigenvalue weighted by molar-refractivity contribution is 5.08. The lowest BCUT2D eigenvalue weighted by Crippen LogP contribution is -2.45. The first-order valence-corrected chi connectivity index (χ1v) is 5.10. The molecule has 1 fully saturated rings. The fourth-order valence-electron chi connectivity index (χ4n) is 2.57. The molecular weight excluding hydrogens is 160 g/mol. The second-order valence-corrected chi connectivity index (χ2v) is 4.98. The zero-order valence-electron chi connectivity index (χ0n) is 9.06. The highest BCUT2D eigenvalue weighted by atomic mass is 15.2. The molecule has 1 saturated carbocycles. The van der Waals surface area contributed by atoms with E-state index in [2.05, 4.69) is 32.8 Å².